The summed E-state index contributed by atoms with van der Waals surface area (Å²) in [4.78, 5) is 4.81. The Bertz CT molecular complexity index is 953. The van der Waals surface area contributed by atoms with Crippen molar-refractivity contribution in [3.8, 4) is 5.69 Å². The van der Waals surface area contributed by atoms with Gasteiger partial charge in [0.15, 0.2) is 11.8 Å². The molecule has 8 nitrogen and oxygen atoms in total. The molecule has 0 aliphatic carbocycles. The minimum absolute atomic E-state index is 0.550. The predicted molar refractivity (Wildman–Crippen MR) is 115 cm³/mol. The van der Waals surface area contributed by atoms with E-state index in [4.69, 9.17) is 4.99 Å². The third-order valence-electron chi connectivity index (χ3n) is 4.79. The molecule has 3 rings (SSSR count). The van der Waals surface area contributed by atoms with Gasteiger partial charge in [0.25, 0.3) is 0 Å². The molecule has 0 amide bonds. The summed E-state index contributed by atoms with van der Waals surface area (Å²) in [6.45, 7) is 8.10. The minimum atomic E-state index is 0.550. The molecule has 2 N–H and O–H groups in total. The zero-order chi connectivity index (χ0) is 20.6. The fourth-order valence-corrected chi connectivity index (χ4v) is 2.91. The lowest BCUT2D eigenvalue weighted by atomic mass is 10.2. The van der Waals surface area contributed by atoms with E-state index >= 15 is 0 Å². The van der Waals surface area contributed by atoms with E-state index in [1.54, 1.807) is 0 Å². The lowest BCUT2D eigenvalue weighted by Crippen LogP contribution is -2.38. The SMILES string of the molecule is CCCCNC(=NCc1ccccc1-n1ccc(C)n1)NCc1nnc(C)n1C. The Kier molecular flexibility index (Phi) is 6.99. The van der Waals surface area contributed by atoms with Crippen molar-refractivity contribution in [3.63, 3.8) is 0 Å². The lowest BCUT2D eigenvalue weighted by Gasteiger charge is -2.13. The molecule has 0 radical (unpaired) electrons. The van der Waals surface area contributed by atoms with E-state index in [2.05, 4.69) is 45.0 Å². The molecule has 3 aromatic rings. The summed E-state index contributed by atoms with van der Waals surface area (Å²) >= 11 is 0. The Labute approximate surface area is 172 Å². The Morgan fingerprint density at radius 3 is 2.62 bits per heavy atom. The van der Waals surface area contributed by atoms with Crippen molar-refractivity contribution >= 4 is 5.96 Å². The van der Waals surface area contributed by atoms with Crippen LogP contribution in [0.2, 0.25) is 0 Å². The first-order valence-corrected chi connectivity index (χ1v) is 10.1. The van der Waals surface area contributed by atoms with Gasteiger partial charge < -0.3 is 15.2 Å². The Morgan fingerprint density at radius 2 is 1.93 bits per heavy atom. The zero-order valence-corrected chi connectivity index (χ0v) is 17.7. The van der Waals surface area contributed by atoms with Crippen LogP contribution in [0.25, 0.3) is 5.69 Å². The van der Waals surface area contributed by atoms with E-state index in [9.17, 15) is 0 Å². The van der Waals surface area contributed by atoms with E-state index in [1.807, 2.05) is 54.5 Å². The van der Waals surface area contributed by atoms with Crippen LogP contribution in [0.15, 0.2) is 41.5 Å². The molecule has 0 unspecified atom stereocenters. The number of hydrogen-bond donors (Lipinski definition) is 2. The Balaban J connectivity index is 1.74. The highest BCUT2D eigenvalue weighted by Crippen LogP contribution is 2.15. The number of aryl methyl sites for hydroxylation is 2. The highest BCUT2D eigenvalue weighted by molar-refractivity contribution is 5.79. The van der Waals surface area contributed by atoms with E-state index < -0.39 is 0 Å². The molecule has 1 aromatic carbocycles. The number of benzene rings is 1. The number of unbranched alkanes of at least 4 members (excludes halogenated alkanes) is 1. The highest BCUT2D eigenvalue weighted by Gasteiger charge is 2.08. The second-order valence-corrected chi connectivity index (χ2v) is 7.05. The summed E-state index contributed by atoms with van der Waals surface area (Å²) in [7, 11) is 1.97. The number of guanidine groups is 1. The first kappa shape index (κ1) is 20.6. The van der Waals surface area contributed by atoms with E-state index in [-0.39, 0.29) is 0 Å². The third kappa shape index (κ3) is 5.43. The summed E-state index contributed by atoms with van der Waals surface area (Å²) in [5, 5.41) is 19.6. The van der Waals surface area contributed by atoms with Crippen LogP contribution in [0, 0.1) is 13.8 Å². The molecule has 0 atom stereocenters. The Morgan fingerprint density at radius 1 is 1.10 bits per heavy atom. The summed E-state index contributed by atoms with van der Waals surface area (Å²) in [5.74, 6) is 2.54. The predicted octanol–water partition coefficient (Wildman–Crippen LogP) is 2.65. The largest absolute Gasteiger partial charge is 0.356 e. The van der Waals surface area contributed by atoms with Crippen LogP contribution in [0.5, 0.6) is 0 Å². The molecule has 8 heteroatoms. The maximum Gasteiger partial charge on any atom is 0.191 e. The molecule has 0 aliphatic heterocycles. The zero-order valence-electron chi connectivity index (χ0n) is 17.7. The van der Waals surface area contributed by atoms with Gasteiger partial charge in [0.05, 0.1) is 24.5 Å². The van der Waals surface area contributed by atoms with Crippen molar-refractivity contribution in [2.75, 3.05) is 6.54 Å². The first-order valence-electron chi connectivity index (χ1n) is 10.1. The number of para-hydroxylation sites is 1. The molecule has 2 aromatic heterocycles. The van der Waals surface area contributed by atoms with Crippen LogP contribution in [0.3, 0.4) is 0 Å². The summed E-state index contributed by atoms with van der Waals surface area (Å²) in [6, 6.07) is 10.2. The molecule has 2 heterocycles. The van der Waals surface area contributed by atoms with Gasteiger partial charge in [-0.05, 0) is 38.0 Å². The first-order chi connectivity index (χ1) is 14.1. The maximum atomic E-state index is 4.81. The molecule has 29 heavy (non-hydrogen) atoms. The smallest absolute Gasteiger partial charge is 0.191 e. The van der Waals surface area contributed by atoms with E-state index in [0.29, 0.717) is 13.1 Å². The van der Waals surface area contributed by atoms with Gasteiger partial charge in [-0.1, -0.05) is 31.5 Å². The van der Waals surface area contributed by atoms with Crippen molar-refractivity contribution in [3.05, 3.63) is 59.4 Å². The second-order valence-electron chi connectivity index (χ2n) is 7.05. The van der Waals surface area contributed by atoms with Gasteiger partial charge in [-0.15, -0.1) is 10.2 Å². The van der Waals surface area contributed by atoms with Crippen molar-refractivity contribution in [2.45, 2.75) is 46.7 Å². The molecule has 0 saturated heterocycles. The van der Waals surface area contributed by atoms with E-state index in [1.165, 1.54) is 0 Å². The van der Waals surface area contributed by atoms with Gasteiger partial charge >= 0.3 is 0 Å². The third-order valence-corrected chi connectivity index (χ3v) is 4.79. The maximum absolute atomic E-state index is 4.81. The van der Waals surface area contributed by atoms with Gasteiger partial charge in [0.1, 0.15) is 5.82 Å². The van der Waals surface area contributed by atoms with Crippen LogP contribution in [0.1, 0.15) is 42.7 Å². The molecule has 0 fully saturated rings. The molecule has 154 valence electrons. The van der Waals surface area contributed by atoms with Crippen molar-refractivity contribution in [2.24, 2.45) is 12.0 Å². The van der Waals surface area contributed by atoms with Crippen LogP contribution in [-0.2, 0) is 20.1 Å². The number of aliphatic imine (C=N–C) groups is 1. The number of rotatable bonds is 8. The molecule has 0 aliphatic rings. The van der Waals surface area contributed by atoms with Crippen LogP contribution >= 0.6 is 0 Å². The number of aromatic nitrogens is 5. The second kappa shape index (κ2) is 9.86. The molecular formula is C21H30N8. The molecule has 0 saturated carbocycles. The topological polar surface area (TPSA) is 84.9 Å². The van der Waals surface area contributed by atoms with E-state index in [0.717, 1.165) is 53.9 Å². The monoisotopic (exact) mass is 394 g/mol. The van der Waals surface area contributed by atoms with Gasteiger partial charge in [-0.25, -0.2) is 9.67 Å². The summed E-state index contributed by atoms with van der Waals surface area (Å²) in [6.07, 6.45) is 4.20. The number of nitrogens with one attached hydrogen (secondary N) is 2. The standard InChI is InChI=1S/C21H30N8/c1-5-6-12-22-21(24-15-20-26-25-17(3)28(20)4)23-14-18-9-7-8-10-19(18)29-13-11-16(2)27-29/h7-11,13H,5-6,12,14-15H2,1-4H3,(H2,22,23,24). The number of hydrogen-bond acceptors (Lipinski definition) is 4. The van der Waals surface area contributed by atoms with Crippen LogP contribution in [0.4, 0.5) is 0 Å². The molecule has 0 spiro atoms. The van der Waals surface area contributed by atoms with Gasteiger partial charge in [0, 0.05) is 19.8 Å². The van der Waals surface area contributed by atoms with Crippen molar-refractivity contribution in [1.82, 2.24) is 35.2 Å². The Hall–Kier alpha value is -3.16. The quantitative estimate of drug-likeness (QED) is 0.349. The highest BCUT2D eigenvalue weighted by atomic mass is 15.3. The van der Waals surface area contributed by atoms with Crippen molar-refractivity contribution < 1.29 is 0 Å². The lowest BCUT2D eigenvalue weighted by molar-refractivity contribution is 0.695. The summed E-state index contributed by atoms with van der Waals surface area (Å²) in [5.41, 5.74) is 3.15. The van der Waals surface area contributed by atoms with Crippen LogP contribution < -0.4 is 10.6 Å². The minimum Gasteiger partial charge on any atom is -0.356 e. The van der Waals surface area contributed by atoms with Crippen LogP contribution in [-0.4, -0.2) is 37.0 Å². The van der Waals surface area contributed by atoms with Gasteiger partial charge in [-0.2, -0.15) is 5.10 Å². The average molecular weight is 395 g/mol. The van der Waals surface area contributed by atoms with Crippen molar-refractivity contribution in [1.29, 1.82) is 0 Å². The number of nitrogens with zero attached hydrogens (tertiary/aromatic N) is 6. The normalized spacial score (nSPS) is 11.7. The summed E-state index contributed by atoms with van der Waals surface area (Å²) < 4.78 is 3.88. The molecular weight excluding hydrogens is 364 g/mol. The molecule has 0 bridgehead atoms. The fraction of sp³-hybridized carbons (Fsp3) is 0.429. The average Bonchev–Trinajstić information content (AvgIpc) is 3.30. The fourth-order valence-electron chi connectivity index (χ4n) is 2.91. The van der Waals surface area contributed by atoms with Gasteiger partial charge in [-0.3, -0.25) is 0 Å². The van der Waals surface area contributed by atoms with Gasteiger partial charge in [0.2, 0.25) is 0 Å².